The van der Waals surface area contributed by atoms with Crippen LogP contribution in [0.3, 0.4) is 0 Å². The molecule has 1 aliphatic heterocycles. The maximum atomic E-state index is 13.4. The fourth-order valence-corrected chi connectivity index (χ4v) is 4.64. The van der Waals surface area contributed by atoms with Crippen LogP contribution in [0.5, 0.6) is 0 Å². The number of amides is 3. The Bertz CT molecular complexity index is 1370. The normalized spacial score (nSPS) is 14.1. The standard InChI is InChI=1S/C30H39N7O4/c1-29(2,3)24(32-28(40)41-30(4,5)6)17-26(39)37-14-13-20-8-7-19(15-22(20)18-37)16-25(38)31-23-11-9-21(10-12-23)27-33-35-36-34-27/h7-12,15,24H,13-14,16-18H2,1-6H3,(H,31,38)(H,32,40)(H,33,34,35,36)/t24-/m0/s1. The molecule has 3 amide bonds. The van der Waals surface area contributed by atoms with Crippen LogP contribution < -0.4 is 10.6 Å². The van der Waals surface area contributed by atoms with Gasteiger partial charge in [-0.3, -0.25) is 9.59 Å². The van der Waals surface area contributed by atoms with E-state index in [-0.39, 0.29) is 36.1 Å². The predicted molar refractivity (Wildman–Crippen MR) is 155 cm³/mol. The van der Waals surface area contributed by atoms with Crippen LogP contribution in [-0.2, 0) is 33.7 Å². The van der Waals surface area contributed by atoms with Gasteiger partial charge < -0.3 is 20.3 Å². The van der Waals surface area contributed by atoms with Gasteiger partial charge in [-0.25, -0.2) is 4.79 Å². The number of tetrazole rings is 1. The monoisotopic (exact) mass is 561 g/mol. The minimum absolute atomic E-state index is 0.0287. The SMILES string of the molecule is CC(C)(C)OC(=O)N[C@@H](CC(=O)N1CCc2ccc(CC(=O)Nc3ccc(-c4nn[nH]n4)cc3)cc2C1)C(C)(C)C. The van der Waals surface area contributed by atoms with Crippen LogP contribution in [0.4, 0.5) is 10.5 Å². The smallest absolute Gasteiger partial charge is 0.407 e. The third-order valence-corrected chi connectivity index (χ3v) is 6.89. The number of alkyl carbamates (subject to hydrolysis) is 1. The summed E-state index contributed by atoms with van der Waals surface area (Å²) in [5, 5.41) is 19.7. The van der Waals surface area contributed by atoms with Gasteiger partial charge in [0, 0.05) is 36.8 Å². The molecule has 41 heavy (non-hydrogen) atoms. The molecule has 1 aromatic heterocycles. The Labute approximate surface area is 240 Å². The number of ether oxygens (including phenoxy) is 1. The number of carbonyl (C=O) groups excluding carboxylic acids is 3. The van der Waals surface area contributed by atoms with Crippen LogP contribution in [0.1, 0.15) is 64.7 Å². The number of fused-ring (bicyclic) bond motifs is 1. The Balaban J connectivity index is 1.35. The summed E-state index contributed by atoms with van der Waals surface area (Å²) >= 11 is 0. The zero-order chi connectivity index (χ0) is 29.8. The number of rotatable bonds is 7. The highest BCUT2D eigenvalue weighted by Gasteiger charge is 2.32. The number of nitrogens with zero attached hydrogens (tertiary/aromatic N) is 4. The third kappa shape index (κ3) is 8.36. The van der Waals surface area contributed by atoms with Crippen molar-refractivity contribution in [2.75, 3.05) is 11.9 Å². The fourth-order valence-electron chi connectivity index (χ4n) is 4.64. The minimum Gasteiger partial charge on any atom is -0.444 e. The first kappa shape index (κ1) is 29.7. The fraction of sp³-hybridized carbons (Fsp3) is 0.467. The maximum Gasteiger partial charge on any atom is 0.407 e. The molecule has 0 fully saturated rings. The highest BCUT2D eigenvalue weighted by molar-refractivity contribution is 5.92. The van der Waals surface area contributed by atoms with Crippen molar-refractivity contribution in [3.8, 4) is 11.4 Å². The Morgan fingerprint density at radius 1 is 1.02 bits per heavy atom. The quantitative estimate of drug-likeness (QED) is 0.391. The molecule has 0 unspecified atom stereocenters. The highest BCUT2D eigenvalue weighted by atomic mass is 16.6. The van der Waals surface area contributed by atoms with E-state index in [1.54, 1.807) is 12.1 Å². The van der Waals surface area contributed by atoms with E-state index in [9.17, 15) is 14.4 Å². The van der Waals surface area contributed by atoms with Crippen LogP contribution in [0, 0.1) is 5.41 Å². The molecule has 11 heteroatoms. The lowest BCUT2D eigenvalue weighted by Gasteiger charge is -2.35. The molecule has 0 saturated heterocycles. The summed E-state index contributed by atoms with van der Waals surface area (Å²) < 4.78 is 5.42. The summed E-state index contributed by atoms with van der Waals surface area (Å²) in [6.07, 6.45) is 0.589. The zero-order valence-corrected chi connectivity index (χ0v) is 24.6. The van der Waals surface area contributed by atoms with Crippen molar-refractivity contribution in [3.63, 3.8) is 0 Å². The molecule has 3 aromatic rings. The summed E-state index contributed by atoms with van der Waals surface area (Å²) in [4.78, 5) is 40.4. The molecular formula is C30H39N7O4. The third-order valence-electron chi connectivity index (χ3n) is 6.89. The van der Waals surface area contributed by atoms with Crippen molar-refractivity contribution in [3.05, 3.63) is 59.2 Å². The zero-order valence-electron chi connectivity index (χ0n) is 24.6. The van der Waals surface area contributed by atoms with E-state index in [0.717, 1.165) is 23.1 Å². The van der Waals surface area contributed by atoms with E-state index >= 15 is 0 Å². The van der Waals surface area contributed by atoms with Gasteiger partial charge in [-0.05, 0) is 78.8 Å². The lowest BCUT2D eigenvalue weighted by atomic mass is 9.84. The van der Waals surface area contributed by atoms with Gasteiger partial charge in [0.1, 0.15) is 5.60 Å². The molecule has 4 rings (SSSR count). The van der Waals surface area contributed by atoms with Gasteiger partial charge in [-0.15, -0.1) is 10.2 Å². The summed E-state index contributed by atoms with van der Waals surface area (Å²) in [7, 11) is 0. The van der Waals surface area contributed by atoms with E-state index in [4.69, 9.17) is 4.74 Å². The van der Waals surface area contributed by atoms with Gasteiger partial charge in [0.2, 0.25) is 17.6 Å². The van der Waals surface area contributed by atoms with Gasteiger partial charge in [-0.1, -0.05) is 39.0 Å². The molecule has 11 nitrogen and oxygen atoms in total. The molecule has 0 saturated carbocycles. The van der Waals surface area contributed by atoms with Gasteiger partial charge >= 0.3 is 6.09 Å². The number of hydrogen-bond acceptors (Lipinski definition) is 7. The summed E-state index contributed by atoms with van der Waals surface area (Å²) in [5.74, 6) is 0.318. The molecule has 0 radical (unpaired) electrons. The molecule has 0 aliphatic carbocycles. The van der Waals surface area contributed by atoms with Crippen molar-refractivity contribution in [2.45, 2.75) is 79.0 Å². The summed E-state index contributed by atoms with van der Waals surface area (Å²) in [5.41, 5.74) is 3.58. The largest absolute Gasteiger partial charge is 0.444 e. The molecule has 2 heterocycles. The van der Waals surface area contributed by atoms with Gasteiger partial charge in [0.15, 0.2) is 0 Å². The number of anilines is 1. The van der Waals surface area contributed by atoms with Crippen molar-refractivity contribution >= 4 is 23.6 Å². The molecule has 3 N–H and O–H groups in total. The Morgan fingerprint density at radius 2 is 1.76 bits per heavy atom. The number of aromatic amines is 1. The number of nitrogens with one attached hydrogen (secondary N) is 3. The average Bonchev–Trinajstić information content (AvgIpc) is 3.42. The van der Waals surface area contributed by atoms with E-state index in [0.29, 0.717) is 24.6 Å². The average molecular weight is 562 g/mol. The first-order valence-corrected chi connectivity index (χ1v) is 13.8. The van der Waals surface area contributed by atoms with Crippen LogP contribution in [0.2, 0.25) is 0 Å². The second kappa shape index (κ2) is 12.1. The predicted octanol–water partition coefficient (Wildman–Crippen LogP) is 4.26. The minimum atomic E-state index is -0.623. The van der Waals surface area contributed by atoms with E-state index < -0.39 is 11.7 Å². The second-order valence-electron chi connectivity index (χ2n) is 12.5. The lowest BCUT2D eigenvalue weighted by Crippen LogP contribution is -2.49. The lowest BCUT2D eigenvalue weighted by molar-refractivity contribution is -0.133. The Kier molecular flexibility index (Phi) is 8.74. The van der Waals surface area contributed by atoms with Gasteiger partial charge in [0.05, 0.1) is 6.42 Å². The first-order valence-electron chi connectivity index (χ1n) is 13.8. The van der Waals surface area contributed by atoms with Crippen molar-refractivity contribution in [2.24, 2.45) is 5.41 Å². The molecule has 218 valence electrons. The first-order chi connectivity index (χ1) is 19.3. The number of carbonyl (C=O) groups is 3. The van der Waals surface area contributed by atoms with Gasteiger partial charge in [0.25, 0.3) is 0 Å². The second-order valence-corrected chi connectivity index (χ2v) is 12.5. The number of hydrogen-bond donors (Lipinski definition) is 3. The number of aromatic nitrogens is 4. The molecule has 0 spiro atoms. The topological polar surface area (TPSA) is 142 Å². The van der Waals surface area contributed by atoms with Crippen LogP contribution in [-0.4, -0.2) is 61.6 Å². The molecule has 2 aromatic carbocycles. The van der Waals surface area contributed by atoms with Gasteiger partial charge in [-0.2, -0.15) is 5.21 Å². The highest BCUT2D eigenvalue weighted by Crippen LogP contribution is 2.26. The molecule has 1 atom stereocenters. The Morgan fingerprint density at radius 3 is 2.39 bits per heavy atom. The van der Waals surface area contributed by atoms with E-state index in [1.807, 2.05) is 76.8 Å². The van der Waals surface area contributed by atoms with E-state index in [1.165, 1.54) is 5.56 Å². The summed E-state index contributed by atoms with van der Waals surface area (Å²) in [6, 6.07) is 12.9. The number of benzene rings is 2. The van der Waals surface area contributed by atoms with Crippen molar-refractivity contribution < 1.29 is 19.1 Å². The van der Waals surface area contributed by atoms with Crippen molar-refractivity contribution in [1.29, 1.82) is 0 Å². The van der Waals surface area contributed by atoms with Crippen LogP contribution in [0.15, 0.2) is 42.5 Å². The molecule has 0 bridgehead atoms. The Hall–Kier alpha value is -4.28. The van der Waals surface area contributed by atoms with Crippen LogP contribution >= 0.6 is 0 Å². The summed E-state index contributed by atoms with van der Waals surface area (Å²) in [6.45, 7) is 12.5. The molecular weight excluding hydrogens is 522 g/mol. The van der Waals surface area contributed by atoms with Crippen LogP contribution in [0.25, 0.3) is 11.4 Å². The maximum absolute atomic E-state index is 13.4. The van der Waals surface area contributed by atoms with Crippen molar-refractivity contribution in [1.82, 2.24) is 30.8 Å². The molecule has 1 aliphatic rings. The van der Waals surface area contributed by atoms with E-state index in [2.05, 4.69) is 31.3 Å². The number of H-pyrrole nitrogens is 1.